The summed E-state index contributed by atoms with van der Waals surface area (Å²) in [7, 11) is 0. The van der Waals surface area contributed by atoms with Gasteiger partial charge >= 0.3 is 0 Å². The maximum Gasteiger partial charge on any atom is 0.225 e. The fourth-order valence-electron chi connectivity index (χ4n) is 2.17. The Hall–Kier alpha value is -1.72. The van der Waals surface area contributed by atoms with Crippen LogP contribution in [0.5, 0.6) is 0 Å². The smallest absolute Gasteiger partial charge is 0.225 e. The minimum absolute atomic E-state index is 0.0139. The predicted octanol–water partition coefficient (Wildman–Crippen LogP) is 4.97. The van der Waals surface area contributed by atoms with Crippen molar-refractivity contribution in [2.24, 2.45) is 0 Å². The SMILES string of the molecule is Cc1cc2c(NC(C)c3ccc(F)cc3)nc(Cl)nc2s1. The molecule has 0 fully saturated rings. The number of nitrogens with zero attached hydrogens (tertiary/aromatic N) is 2. The Morgan fingerprint density at radius 2 is 1.95 bits per heavy atom. The fraction of sp³-hybridized carbons (Fsp3) is 0.200. The van der Waals surface area contributed by atoms with Gasteiger partial charge in [0, 0.05) is 10.9 Å². The van der Waals surface area contributed by atoms with Gasteiger partial charge < -0.3 is 5.32 Å². The third-order valence-electron chi connectivity index (χ3n) is 3.21. The van der Waals surface area contributed by atoms with E-state index in [1.165, 1.54) is 12.1 Å². The van der Waals surface area contributed by atoms with Gasteiger partial charge in [-0.2, -0.15) is 0 Å². The molecule has 6 heteroatoms. The zero-order valence-electron chi connectivity index (χ0n) is 11.5. The average Bonchev–Trinajstić information content (AvgIpc) is 2.79. The number of aromatic nitrogens is 2. The molecule has 1 atom stereocenters. The van der Waals surface area contributed by atoms with Gasteiger partial charge in [0.2, 0.25) is 5.28 Å². The first-order valence-electron chi connectivity index (χ1n) is 6.48. The van der Waals surface area contributed by atoms with Crippen LogP contribution in [0.3, 0.4) is 0 Å². The number of rotatable bonds is 3. The summed E-state index contributed by atoms with van der Waals surface area (Å²) < 4.78 is 13.0. The van der Waals surface area contributed by atoms with Crippen LogP contribution < -0.4 is 5.32 Å². The standard InChI is InChI=1S/C15H13ClFN3S/c1-8-7-12-13(19-15(16)20-14(12)21-8)18-9(2)10-3-5-11(17)6-4-10/h3-7,9H,1-2H3,(H,18,19,20). The molecule has 0 saturated carbocycles. The number of benzene rings is 1. The van der Waals surface area contributed by atoms with Crippen molar-refractivity contribution in [3.05, 3.63) is 51.9 Å². The van der Waals surface area contributed by atoms with E-state index in [9.17, 15) is 4.39 Å². The molecule has 0 spiro atoms. The molecule has 1 aromatic carbocycles. The van der Waals surface area contributed by atoms with Crippen molar-refractivity contribution < 1.29 is 4.39 Å². The van der Waals surface area contributed by atoms with Crippen molar-refractivity contribution in [2.45, 2.75) is 19.9 Å². The van der Waals surface area contributed by atoms with Crippen molar-refractivity contribution in [1.29, 1.82) is 0 Å². The number of fused-ring (bicyclic) bond motifs is 1. The molecule has 1 N–H and O–H groups in total. The highest BCUT2D eigenvalue weighted by atomic mass is 35.5. The van der Waals surface area contributed by atoms with Gasteiger partial charge in [-0.25, -0.2) is 14.4 Å². The van der Waals surface area contributed by atoms with E-state index in [2.05, 4.69) is 15.3 Å². The summed E-state index contributed by atoms with van der Waals surface area (Å²) in [5.74, 6) is 0.457. The van der Waals surface area contributed by atoms with Gasteiger partial charge in [-0.3, -0.25) is 0 Å². The van der Waals surface area contributed by atoms with Crippen molar-refractivity contribution in [3.8, 4) is 0 Å². The third-order valence-corrected chi connectivity index (χ3v) is 4.33. The molecular formula is C15H13ClFN3S. The zero-order valence-corrected chi connectivity index (χ0v) is 13.1. The lowest BCUT2D eigenvalue weighted by Crippen LogP contribution is -2.08. The normalized spacial score (nSPS) is 12.6. The molecule has 3 nitrogen and oxygen atoms in total. The van der Waals surface area contributed by atoms with E-state index >= 15 is 0 Å². The molecule has 0 aliphatic carbocycles. The maximum absolute atomic E-state index is 13.0. The molecule has 0 bridgehead atoms. The third kappa shape index (κ3) is 2.99. The van der Waals surface area contributed by atoms with Crippen molar-refractivity contribution in [3.63, 3.8) is 0 Å². The second kappa shape index (κ2) is 5.58. The van der Waals surface area contributed by atoms with Gasteiger partial charge in [0.25, 0.3) is 0 Å². The summed E-state index contributed by atoms with van der Waals surface area (Å²) in [5, 5.41) is 4.50. The molecular weight excluding hydrogens is 309 g/mol. The summed E-state index contributed by atoms with van der Waals surface area (Å²) in [5.41, 5.74) is 0.978. The zero-order chi connectivity index (χ0) is 15.0. The minimum atomic E-state index is -0.244. The van der Waals surface area contributed by atoms with Crippen molar-refractivity contribution in [2.75, 3.05) is 5.32 Å². The number of halogens is 2. The van der Waals surface area contributed by atoms with Gasteiger partial charge in [0.1, 0.15) is 16.5 Å². The van der Waals surface area contributed by atoms with Crippen LogP contribution in [0, 0.1) is 12.7 Å². The molecule has 0 aliphatic rings. The Morgan fingerprint density at radius 1 is 1.24 bits per heavy atom. The largest absolute Gasteiger partial charge is 0.363 e. The van der Waals surface area contributed by atoms with Gasteiger partial charge in [-0.05, 0) is 49.2 Å². The number of hydrogen-bond acceptors (Lipinski definition) is 4. The minimum Gasteiger partial charge on any atom is -0.363 e. The summed E-state index contributed by atoms with van der Waals surface area (Å²) in [6.45, 7) is 4.02. The van der Waals surface area contributed by atoms with Crippen LogP contribution in [-0.4, -0.2) is 9.97 Å². The van der Waals surface area contributed by atoms with E-state index < -0.39 is 0 Å². The average molecular weight is 322 g/mol. The van der Waals surface area contributed by atoms with Crippen LogP contribution in [0.25, 0.3) is 10.2 Å². The highest BCUT2D eigenvalue weighted by Gasteiger charge is 2.13. The number of nitrogens with one attached hydrogen (secondary N) is 1. The summed E-state index contributed by atoms with van der Waals surface area (Å²) >= 11 is 7.56. The molecule has 0 aliphatic heterocycles. The number of thiophene rings is 1. The van der Waals surface area contributed by atoms with Gasteiger partial charge in [0.15, 0.2) is 0 Å². The van der Waals surface area contributed by atoms with E-state index in [0.717, 1.165) is 20.7 Å². The molecule has 3 rings (SSSR count). The van der Waals surface area contributed by atoms with E-state index in [1.54, 1.807) is 23.5 Å². The number of aryl methyl sites for hydroxylation is 1. The van der Waals surface area contributed by atoms with Crippen LogP contribution >= 0.6 is 22.9 Å². The quantitative estimate of drug-likeness (QED) is 0.692. The second-order valence-corrected chi connectivity index (χ2v) is 6.41. The maximum atomic E-state index is 13.0. The molecule has 2 heterocycles. The van der Waals surface area contributed by atoms with E-state index in [1.807, 2.05) is 19.9 Å². The van der Waals surface area contributed by atoms with Crippen LogP contribution in [0.2, 0.25) is 5.28 Å². The Morgan fingerprint density at radius 3 is 2.67 bits per heavy atom. The highest BCUT2D eigenvalue weighted by Crippen LogP contribution is 2.31. The molecule has 108 valence electrons. The molecule has 3 aromatic rings. The Kier molecular flexibility index (Phi) is 3.78. The molecule has 21 heavy (non-hydrogen) atoms. The summed E-state index contributed by atoms with van der Waals surface area (Å²) in [6.07, 6.45) is 0. The van der Waals surface area contributed by atoms with E-state index in [4.69, 9.17) is 11.6 Å². The fourth-order valence-corrected chi connectivity index (χ4v) is 3.26. The first-order valence-corrected chi connectivity index (χ1v) is 7.68. The van der Waals surface area contributed by atoms with E-state index in [-0.39, 0.29) is 17.1 Å². The van der Waals surface area contributed by atoms with Gasteiger partial charge in [-0.15, -0.1) is 11.3 Å². The predicted molar refractivity (Wildman–Crippen MR) is 85.6 cm³/mol. The summed E-state index contributed by atoms with van der Waals surface area (Å²) in [6, 6.07) is 8.43. The Labute approximate surface area is 130 Å². The molecule has 0 amide bonds. The monoisotopic (exact) mass is 321 g/mol. The van der Waals surface area contributed by atoms with Gasteiger partial charge in [0.05, 0.1) is 5.39 Å². The van der Waals surface area contributed by atoms with Crippen molar-refractivity contribution in [1.82, 2.24) is 9.97 Å². The highest BCUT2D eigenvalue weighted by molar-refractivity contribution is 7.18. The molecule has 0 saturated heterocycles. The van der Waals surface area contributed by atoms with Gasteiger partial charge in [-0.1, -0.05) is 12.1 Å². The van der Waals surface area contributed by atoms with E-state index in [0.29, 0.717) is 5.82 Å². The lowest BCUT2D eigenvalue weighted by molar-refractivity contribution is 0.626. The second-order valence-electron chi connectivity index (χ2n) is 4.83. The van der Waals surface area contributed by atoms with Crippen LogP contribution in [0.1, 0.15) is 23.4 Å². The molecule has 2 aromatic heterocycles. The topological polar surface area (TPSA) is 37.8 Å². The number of hydrogen-bond donors (Lipinski definition) is 1. The van der Waals surface area contributed by atoms with Crippen molar-refractivity contribution >= 4 is 39.0 Å². The molecule has 1 unspecified atom stereocenters. The lowest BCUT2D eigenvalue weighted by atomic mass is 10.1. The van der Waals surface area contributed by atoms with Crippen LogP contribution in [-0.2, 0) is 0 Å². The summed E-state index contributed by atoms with van der Waals surface area (Å²) in [4.78, 5) is 10.5. The van der Waals surface area contributed by atoms with Crippen LogP contribution in [0.4, 0.5) is 10.2 Å². The molecule has 0 radical (unpaired) electrons. The Bertz CT molecular complexity index is 785. The first kappa shape index (κ1) is 14.2. The van der Waals surface area contributed by atoms with Crippen LogP contribution in [0.15, 0.2) is 30.3 Å². The Balaban J connectivity index is 1.95. The number of anilines is 1. The lowest BCUT2D eigenvalue weighted by Gasteiger charge is -2.15. The first-order chi connectivity index (χ1) is 10.0.